The van der Waals surface area contributed by atoms with Crippen LogP contribution >= 0.6 is 22.9 Å². The minimum absolute atomic E-state index is 0.00668. The fraction of sp³-hybridized carbons (Fsp3) is 0.483. The second kappa shape index (κ2) is 28.0. The molecule has 0 aliphatic carbocycles. The Morgan fingerprint density at radius 2 is 1.57 bits per heavy atom. The van der Waals surface area contributed by atoms with Crippen LogP contribution in [-0.4, -0.2) is 183 Å². The number of likely N-dealkylation sites (tertiary alicyclic amines) is 1. The van der Waals surface area contributed by atoms with Crippen LogP contribution in [0, 0.1) is 18.2 Å². The van der Waals surface area contributed by atoms with Gasteiger partial charge in [0.15, 0.2) is 5.82 Å². The van der Waals surface area contributed by atoms with Crippen LogP contribution in [0.3, 0.4) is 0 Å². The Balaban J connectivity index is 0.700. The molecule has 4 atom stereocenters. The Labute approximate surface area is 475 Å². The van der Waals surface area contributed by atoms with Gasteiger partial charge >= 0.3 is 6.01 Å². The number of aromatic hydroxyl groups is 1. The number of ether oxygens (including phenoxy) is 5. The summed E-state index contributed by atoms with van der Waals surface area (Å²) < 4.78 is 45.5. The van der Waals surface area contributed by atoms with Crippen molar-refractivity contribution in [3.63, 3.8) is 0 Å². The van der Waals surface area contributed by atoms with Gasteiger partial charge in [0, 0.05) is 63.2 Å². The SMILES string of the molecule is Cc1ncsc1-c1ccc(C(C)NC(=O)[C@@H]2C[C@@H](O)CN2C(=O)C(NC(=O)COCCOCCOCCOCCN(C)CCOc2nc(N3CCNCC3)c3cc(Cl)c(-c4cc(O)cc5ccccc45)c(F)c3n2)C(C)(C)C)cc1. The summed E-state index contributed by atoms with van der Waals surface area (Å²) in [5.74, 6) is -1.43. The van der Waals surface area contributed by atoms with Crippen molar-refractivity contribution >= 4 is 68.2 Å². The monoisotopic (exact) mass is 1140 g/mol. The second-order valence-electron chi connectivity index (χ2n) is 21.1. The molecule has 19 nitrogen and oxygen atoms in total. The van der Waals surface area contributed by atoms with E-state index in [1.807, 2.05) is 101 Å². The number of rotatable bonds is 26. The number of phenolic OH excluding ortho intramolecular Hbond substituents is 1. The average Bonchev–Trinajstić information content (AvgIpc) is 4.16. The molecule has 80 heavy (non-hydrogen) atoms. The fourth-order valence-corrected chi connectivity index (χ4v) is 10.9. The van der Waals surface area contributed by atoms with Gasteiger partial charge in [0.25, 0.3) is 0 Å². The Hall–Kier alpha value is -6.14. The van der Waals surface area contributed by atoms with Gasteiger partial charge in [0.1, 0.15) is 42.4 Å². The molecule has 4 heterocycles. The van der Waals surface area contributed by atoms with Gasteiger partial charge in [0.05, 0.1) is 79.5 Å². The van der Waals surface area contributed by atoms with E-state index in [1.54, 1.807) is 23.5 Å². The van der Waals surface area contributed by atoms with Crippen molar-refractivity contribution in [3.8, 4) is 33.3 Å². The van der Waals surface area contributed by atoms with Crippen LogP contribution in [0.1, 0.15) is 51.4 Å². The van der Waals surface area contributed by atoms with Crippen LogP contribution < -0.4 is 25.6 Å². The maximum Gasteiger partial charge on any atom is 0.319 e. The number of β-amino-alcohol motifs (C(OH)–C–C–N with tert-alkyl or cyclic N) is 1. The molecular weight excluding hydrogens is 1070 g/mol. The highest BCUT2D eigenvalue weighted by Gasteiger charge is 2.45. The van der Waals surface area contributed by atoms with Gasteiger partial charge in [-0.1, -0.05) is 80.9 Å². The van der Waals surface area contributed by atoms with Crippen molar-refractivity contribution in [2.45, 2.75) is 65.3 Å². The largest absolute Gasteiger partial charge is 0.508 e. The molecule has 0 bridgehead atoms. The lowest BCUT2D eigenvalue weighted by atomic mass is 9.85. The van der Waals surface area contributed by atoms with Crippen LogP contribution in [0.5, 0.6) is 11.8 Å². The topological polar surface area (TPSA) is 222 Å². The number of aromatic nitrogens is 3. The summed E-state index contributed by atoms with van der Waals surface area (Å²) in [6.07, 6.45) is -0.813. The fourth-order valence-electron chi connectivity index (χ4n) is 9.76. The molecule has 4 aromatic carbocycles. The number of hydrogen-bond acceptors (Lipinski definition) is 17. The van der Waals surface area contributed by atoms with Crippen LogP contribution in [-0.2, 0) is 33.3 Å². The van der Waals surface area contributed by atoms with Gasteiger partial charge in [-0.25, -0.2) is 9.37 Å². The van der Waals surface area contributed by atoms with E-state index < -0.39 is 41.2 Å². The number of aryl methyl sites for hydroxylation is 1. The first-order valence-corrected chi connectivity index (χ1v) is 28.3. The number of likely N-dealkylation sites (N-methyl/N-ethyl adjacent to an activating group) is 1. The third-order valence-corrected chi connectivity index (χ3v) is 15.4. The first-order valence-electron chi connectivity index (χ1n) is 27.0. The molecule has 2 fully saturated rings. The number of piperazine rings is 1. The smallest absolute Gasteiger partial charge is 0.319 e. The van der Waals surface area contributed by atoms with E-state index in [9.17, 15) is 24.6 Å². The summed E-state index contributed by atoms with van der Waals surface area (Å²) in [6, 6.07) is 17.9. The number of carbonyl (C=O) groups excluding carboxylic acids is 3. The van der Waals surface area contributed by atoms with Crippen LogP contribution in [0.4, 0.5) is 10.2 Å². The van der Waals surface area contributed by atoms with Gasteiger partial charge in [0.2, 0.25) is 17.7 Å². The van der Waals surface area contributed by atoms with E-state index in [-0.39, 0.29) is 79.2 Å². The second-order valence-corrected chi connectivity index (χ2v) is 22.4. The zero-order valence-corrected chi connectivity index (χ0v) is 47.8. The number of fused-ring (bicyclic) bond motifs is 2. The third kappa shape index (κ3) is 15.4. The first-order chi connectivity index (χ1) is 38.5. The highest BCUT2D eigenvalue weighted by molar-refractivity contribution is 7.13. The summed E-state index contributed by atoms with van der Waals surface area (Å²) in [7, 11) is 1.94. The van der Waals surface area contributed by atoms with E-state index >= 15 is 4.39 Å². The van der Waals surface area contributed by atoms with Crippen molar-refractivity contribution in [3.05, 3.63) is 94.3 Å². The number of benzene rings is 4. The molecular formula is C58H73ClFN9O10S. The number of carbonyl (C=O) groups is 3. The number of hydrogen-bond donors (Lipinski definition) is 5. The lowest BCUT2D eigenvalue weighted by Crippen LogP contribution is -2.58. The molecule has 0 spiro atoms. The molecule has 2 aliphatic heterocycles. The average molecular weight is 1140 g/mol. The van der Waals surface area contributed by atoms with Crippen molar-refractivity contribution in [2.24, 2.45) is 5.41 Å². The number of aliphatic hydroxyl groups excluding tert-OH is 1. The van der Waals surface area contributed by atoms with E-state index in [4.69, 9.17) is 40.3 Å². The Morgan fingerprint density at radius 3 is 2.26 bits per heavy atom. The summed E-state index contributed by atoms with van der Waals surface area (Å²) in [4.78, 5) is 61.0. The number of amides is 3. The van der Waals surface area contributed by atoms with Gasteiger partial charge in [-0.2, -0.15) is 9.97 Å². The number of nitrogens with one attached hydrogen (secondary N) is 3. The zero-order valence-electron chi connectivity index (χ0n) is 46.3. The molecule has 2 aliphatic rings. The lowest BCUT2D eigenvalue weighted by molar-refractivity contribution is -0.144. The summed E-state index contributed by atoms with van der Waals surface area (Å²) >= 11 is 8.42. The Kier molecular flexibility index (Phi) is 21.0. The van der Waals surface area contributed by atoms with Gasteiger partial charge in [-0.3, -0.25) is 14.4 Å². The predicted octanol–water partition coefficient (Wildman–Crippen LogP) is 6.54. The molecule has 430 valence electrons. The minimum Gasteiger partial charge on any atom is -0.508 e. The van der Waals surface area contributed by atoms with E-state index in [0.717, 1.165) is 45.6 Å². The van der Waals surface area contributed by atoms with E-state index in [2.05, 4.69) is 30.8 Å². The molecule has 6 aromatic rings. The molecule has 5 N–H and O–H groups in total. The van der Waals surface area contributed by atoms with E-state index in [1.165, 1.54) is 11.0 Å². The highest BCUT2D eigenvalue weighted by atomic mass is 35.5. The number of phenols is 1. The van der Waals surface area contributed by atoms with Gasteiger partial charge in [-0.05, 0) is 72.0 Å². The molecule has 22 heteroatoms. The molecule has 2 unspecified atom stereocenters. The van der Waals surface area contributed by atoms with Crippen molar-refractivity contribution < 1.29 is 52.7 Å². The number of nitrogens with zero attached hydrogens (tertiary/aromatic N) is 6. The first kappa shape index (κ1) is 60.0. The van der Waals surface area contributed by atoms with Crippen LogP contribution in [0.15, 0.2) is 72.2 Å². The lowest BCUT2D eigenvalue weighted by Gasteiger charge is -2.35. The molecule has 3 amide bonds. The summed E-state index contributed by atoms with van der Waals surface area (Å²) in [5, 5.41) is 32.5. The number of anilines is 1. The number of halogens is 2. The quantitative estimate of drug-likeness (QED) is 0.0364. The van der Waals surface area contributed by atoms with Gasteiger partial charge in [-0.15, -0.1) is 11.3 Å². The zero-order chi connectivity index (χ0) is 56.9. The maximum atomic E-state index is 16.8. The normalized spacial score (nSPS) is 16.6. The van der Waals surface area contributed by atoms with E-state index in [0.29, 0.717) is 76.0 Å². The molecule has 2 aromatic heterocycles. The number of aliphatic hydroxyl groups is 1. The summed E-state index contributed by atoms with van der Waals surface area (Å²) in [6.45, 7) is 15.3. The molecule has 0 radical (unpaired) electrons. The maximum absolute atomic E-state index is 16.8. The Bertz CT molecular complexity index is 3070. The van der Waals surface area contributed by atoms with Crippen LogP contribution in [0.2, 0.25) is 5.02 Å². The highest BCUT2D eigenvalue weighted by Crippen LogP contribution is 2.42. The van der Waals surface area contributed by atoms with Crippen molar-refractivity contribution in [1.82, 2.24) is 40.7 Å². The van der Waals surface area contributed by atoms with Gasteiger partial charge < -0.3 is 64.5 Å². The standard InChI is InChI=1S/C58H73ClFN9O10S/c1-36(38-11-13-39(14-12-38)52-37(2)62-35-80-52)63-55(73)47-31-42(71)33-69(47)56(74)53(58(3,4)5)64-48(72)34-78-28-27-77-26-25-76-24-23-75-21-19-67(6)20-22-79-57-65-51-45(54(66-57)68-17-15-61-16-18-68)32-46(59)49(50(51)60)44-30-41(70)29-40-9-7-8-10-43(40)44/h7-14,29-30,32,35-36,42,47,53,61,70-71H,15-28,31,33-34H2,1-6H3,(H,63,73)(H,64,72)/t36?,42-,47+,53?/m1/s1. The van der Waals surface area contributed by atoms with Crippen molar-refractivity contribution in [2.75, 3.05) is 117 Å². The third-order valence-electron chi connectivity index (χ3n) is 14.1. The number of thiazole rings is 1. The van der Waals surface area contributed by atoms with Crippen molar-refractivity contribution in [1.29, 1.82) is 0 Å². The summed E-state index contributed by atoms with van der Waals surface area (Å²) in [5.41, 5.74) is 4.65. The minimum atomic E-state index is -0.987. The predicted molar refractivity (Wildman–Crippen MR) is 307 cm³/mol. The van der Waals surface area contributed by atoms with Crippen LogP contribution in [0.25, 0.3) is 43.2 Å². The molecule has 8 rings (SSSR count). The Morgan fingerprint density at radius 1 is 0.900 bits per heavy atom. The molecule has 2 saturated heterocycles. The molecule has 0 saturated carbocycles.